The lowest BCUT2D eigenvalue weighted by molar-refractivity contribution is -0.127. The Morgan fingerprint density at radius 2 is 1.95 bits per heavy atom. The van der Waals surface area contributed by atoms with Crippen molar-refractivity contribution in [1.29, 1.82) is 0 Å². The van der Waals surface area contributed by atoms with Crippen molar-refractivity contribution in [2.24, 2.45) is 11.3 Å². The van der Waals surface area contributed by atoms with Crippen LogP contribution in [0.15, 0.2) is 24.3 Å². The molecule has 1 unspecified atom stereocenters. The molecule has 3 rings (SSSR count). The van der Waals surface area contributed by atoms with Gasteiger partial charge in [-0.1, -0.05) is 38.1 Å². The second-order valence-corrected chi connectivity index (χ2v) is 7.29. The van der Waals surface area contributed by atoms with Crippen LogP contribution >= 0.6 is 0 Å². The lowest BCUT2D eigenvalue weighted by Gasteiger charge is -2.38. The van der Waals surface area contributed by atoms with Gasteiger partial charge in [-0.15, -0.1) is 0 Å². The molecule has 1 saturated carbocycles. The number of carbonyl (C=O) groups excluding carboxylic acids is 1. The fourth-order valence-corrected chi connectivity index (χ4v) is 3.74. The number of ketones is 1. The van der Waals surface area contributed by atoms with Crippen LogP contribution in [0.5, 0.6) is 0 Å². The van der Waals surface area contributed by atoms with E-state index in [1.54, 1.807) is 0 Å². The highest BCUT2D eigenvalue weighted by Crippen LogP contribution is 2.37. The fourth-order valence-electron chi connectivity index (χ4n) is 3.74. The molecule has 0 aromatic heterocycles. The zero-order valence-corrected chi connectivity index (χ0v) is 12.7. The van der Waals surface area contributed by atoms with E-state index in [-0.39, 0.29) is 5.92 Å². The molecule has 1 aliphatic heterocycles. The maximum Gasteiger partial charge on any atom is 0.137 e. The average Bonchev–Trinajstić information content (AvgIpc) is 2.43. The summed E-state index contributed by atoms with van der Waals surface area (Å²) in [5, 5.41) is 0. The number of Topliss-reactive ketones (excluding diaryl/α,β-unsaturated/α-hetero) is 1. The van der Waals surface area contributed by atoms with Crippen molar-refractivity contribution in [3.8, 4) is 0 Å². The molecule has 1 atom stereocenters. The zero-order valence-electron chi connectivity index (χ0n) is 12.7. The molecule has 1 aliphatic carbocycles. The first-order chi connectivity index (χ1) is 9.53. The Hall–Kier alpha value is -1.15. The largest absolute Gasteiger partial charge is 0.299 e. The standard InChI is InChI=1S/C18H25NO/c1-18(2)9-7-17(20)16(11-18)13-19-10-8-14-5-3-4-6-15(14)12-19/h3-6,16H,7-13H2,1-2H3. The van der Waals surface area contributed by atoms with Gasteiger partial charge in [0.05, 0.1) is 0 Å². The van der Waals surface area contributed by atoms with Crippen LogP contribution in [-0.2, 0) is 17.8 Å². The van der Waals surface area contributed by atoms with Crippen molar-refractivity contribution in [3.05, 3.63) is 35.4 Å². The molecule has 0 saturated heterocycles. The molecule has 1 fully saturated rings. The number of carbonyl (C=O) groups is 1. The number of benzene rings is 1. The Morgan fingerprint density at radius 3 is 2.75 bits per heavy atom. The first kappa shape index (κ1) is 13.8. The molecule has 0 bridgehead atoms. The molecule has 2 nitrogen and oxygen atoms in total. The molecule has 1 heterocycles. The Bertz CT molecular complexity index is 506. The van der Waals surface area contributed by atoms with Crippen LogP contribution in [0.3, 0.4) is 0 Å². The third kappa shape index (κ3) is 2.95. The molecule has 0 radical (unpaired) electrons. The molecular formula is C18H25NO. The molecule has 108 valence electrons. The van der Waals surface area contributed by atoms with Gasteiger partial charge in [0.25, 0.3) is 0 Å². The van der Waals surface area contributed by atoms with Crippen molar-refractivity contribution in [1.82, 2.24) is 4.90 Å². The zero-order chi connectivity index (χ0) is 14.2. The number of hydrogen-bond donors (Lipinski definition) is 0. The van der Waals surface area contributed by atoms with Gasteiger partial charge in [0.2, 0.25) is 0 Å². The summed E-state index contributed by atoms with van der Waals surface area (Å²) in [6.45, 7) is 7.67. The summed E-state index contributed by atoms with van der Waals surface area (Å²) in [6.07, 6.45) is 4.03. The smallest absolute Gasteiger partial charge is 0.137 e. The Balaban J connectivity index is 1.66. The maximum absolute atomic E-state index is 12.2. The van der Waals surface area contributed by atoms with Crippen LogP contribution in [0.4, 0.5) is 0 Å². The van der Waals surface area contributed by atoms with Crippen LogP contribution in [-0.4, -0.2) is 23.8 Å². The summed E-state index contributed by atoms with van der Waals surface area (Å²) < 4.78 is 0. The van der Waals surface area contributed by atoms with E-state index in [4.69, 9.17) is 0 Å². The number of rotatable bonds is 2. The summed E-state index contributed by atoms with van der Waals surface area (Å²) in [5.74, 6) is 0.743. The maximum atomic E-state index is 12.2. The molecular weight excluding hydrogens is 246 g/mol. The van der Waals surface area contributed by atoms with Crippen LogP contribution < -0.4 is 0 Å². The fraction of sp³-hybridized carbons (Fsp3) is 0.611. The van der Waals surface area contributed by atoms with Crippen molar-refractivity contribution in [2.45, 2.75) is 46.1 Å². The van der Waals surface area contributed by atoms with E-state index in [1.165, 1.54) is 11.1 Å². The highest BCUT2D eigenvalue weighted by Gasteiger charge is 2.34. The number of nitrogens with zero attached hydrogens (tertiary/aromatic N) is 1. The van der Waals surface area contributed by atoms with Gasteiger partial charge in [-0.3, -0.25) is 9.69 Å². The number of fused-ring (bicyclic) bond motifs is 1. The Kier molecular flexibility index (Phi) is 3.68. The number of hydrogen-bond acceptors (Lipinski definition) is 2. The molecule has 1 aromatic carbocycles. The van der Waals surface area contributed by atoms with E-state index >= 15 is 0 Å². The van der Waals surface area contributed by atoms with Gasteiger partial charge in [0.1, 0.15) is 5.78 Å². The Morgan fingerprint density at radius 1 is 1.20 bits per heavy atom. The SMILES string of the molecule is CC1(C)CCC(=O)C(CN2CCc3ccccc3C2)C1. The second kappa shape index (κ2) is 5.33. The van der Waals surface area contributed by atoms with E-state index in [0.717, 1.165) is 45.3 Å². The van der Waals surface area contributed by atoms with Crippen molar-refractivity contribution < 1.29 is 4.79 Å². The first-order valence-corrected chi connectivity index (χ1v) is 7.85. The highest BCUT2D eigenvalue weighted by molar-refractivity contribution is 5.82. The topological polar surface area (TPSA) is 20.3 Å². The third-order valence-corrected chi connectivity index (χ3v) is 4.99. The van der Waals surface area contributed by atoms with E-state index in [2.05, 4.69) is 43.0 Å². The minimum atomic E-state index is 0.254. The van der Waals surface area contributed by atoms with Gasteiger partial charge in [0.15, 0.2) is 0 Å². The lowest BCUT2D eigenvalue weighted by atomic mass is 9.71. The predicted molar refractivity (Wildman–Crippen MR) is 81.6 cm³/mol. The van der Waals surface area contributed by atoms with E-state index in [9.17, 15) is 4.79 Å². The monoisotopic (exact) mass is 271 g/mol. The van der Waals surface area contributed by atoms with Crippen molar-refractivity contribution in [3.63, 3.8) is 0 Å². The minimum Gasteiger partial charge on any atom is -0.299 e. The predicted octanol–water partition coefficient (Wildman–Crippen LogP) is 3.44. The third-order valence-electron chi connectivity index (χ3n) is 4.99. The van der Waals surface area contributed by atoms with Gasteiger partial charge >= 0.3 is 0 Å². The van der Waals surface area contributed by atoms with E-state index < -0.39 is 0 Å². The summed E-state index contributed by atoms with van der Waals surface area (Å²) in [4.78, 5) is 14.7. The van der Waals surface area contributed by atoms with Crippen LogP contribution in [0.1, 0.15) is 44.2 Å². The van der Waals surface area contributed by atoms with Crippen molar-refractivity contribution >= 4 is 5.78 Å². The second-order valence-electron chi connectivity index (χ2n) is 7.29. The summed E-state index contributed by atoms with van der Waals surface area (Å²) >= 11 is 0. The molecule has 1 aromatic rings. The van der Waals surface area contributed by atoms with Gasteiger partial charge < -0.3 is 0 Å². The summed E-state index contributed by atoms with van der Waals surface area (Å²) in [6, 6.07) is 8.72. The van der Waals surface area contributed by atoms with Gasteiger partial charge in [-0.25, -0.2) is 0 Å². The van der Waals surface area contributed by atoms with E-state index in [1.807, 2.05) is 0 Å². The normalized spacial score (nSPS) is 26.3. The van der Waals surface area contributed by atoms with Gasteiger partial charge in [-0.2, -0.15) is 0 Å². The molecule has 0 N–H and O–H groups in total. The molecule has 0 spiro atoms. The lowest BCUT2D eigenvalue weighted by Crippen LogP contribution is -2.40. The minimum absolute atomic E-state index is 0.254. The van der Waals surface area contributed by atoms with Gasteiger partial charge in [0, 0.05) is 32.0 Å². The van der Waals surface area contributed by atoms with Crippen molar-refractivity contribution in [2.75, 3.05) is 13.1 Å². The van der Waals surface area contributed by atoms with Crippen LogP contribution in [0, 0.1) is 11.3 Å². The summed E-state index contributed by atoms with van der Waals surface area (Å²) in [7, 11) is 0. The highest BCUT2D eigenvalue weighted by atomic mass is 16.1. The summed E-state index contributed by atoms with van der Waals surface area (Å²) in [5.41, 5.74) is 3.27. The molecule has 2 heteroatoms. The molecule has 0 amide bonds. The van der Waals surface area contributed by atoms with Crippen LogP contribution in [0.2, 0.25) is 0 Å². The molecule has 2 aliphatic rings. The van der Waals surface area contributed by atoms with Crippen LogP contribution in [0.25, 0.3) is 0 Å². The van der Waals surface area contributed by atoms with E-state index in [0.29, 0.717) is 11.2 Å². The Labute approximate surface area is 122 Å². The average molecular weight is 271 g/mol. The van der Waals surface area contributed by atoms with Gasteiger partial charge in [-0.05, 0) is 35.8 Å². The quantitative estimate of drug-likeness (QED) is 0.821. The molecule has 20 heavy (non-hydrogen) atoms. The first-order valence-electron chi connectivity index (χ1n) is 7.85.